The molecule has 0 N–H and O–H groups in total. The van der Waals surface area contributed by atoms with Crippen LogP contribution in [0.15, 0.2) is 54.4 Å². The first-order chi connectivity index (χ1) is 11.5. The second-order valence-electron chi connectivity index (χ2n) is 6.54. The smallest absolute Gasteiger partial charge is 0.136 e. The zero-order valence-electron chi connectivity index (χ0n) is 14.6. The van der Waals surface area contributed by atoms with Crippen molar-refractivity contribution >= 4 is 27.2 Å². The predicted octanol–water partition coefficient (Wildman–Crippen LogP) is 5.88. The van der Waals surface area contributed by atoms with Crippen LogP contribution in [0.4, 0.5) is 0 Å². The number of imidazole rings is 1. The summed E-state index contributed by atoms with van der Waals surface area (Å²) in [7, 11) is 0. The lowest BCUT2D eigenvalue weighted by atomic mass is 10.0. The van der Waals surface area contributed by atoms with E-state index in [9.17, 15) is 0 Å². The van der Waals surface area contributed by atoms with E-state index in [-0.39, 0.29) is 0 Å². The van der Waals surface area contributed by atoms with Crippen LogP contribution in [0.3, 0.4) is 0 Å². The summed E-state index contributed by atoms with van der Waals surface area (Å²) in [6, 6.07) is 10.7. The van der Waals surface area contributed by atoms with Crippen LogP contribution >= 0.6 is 11.3 Å². The van der Waals surface area contributed by atoms with Gasteiger partial charge in [-0.05, 0) is 41.2 Å². The fourth-order valence-corrected chi connectivity index (χ4v) is 3.17. The number of pyridine rings is 1. The first-order valence-electron chi connectivity index (χ1n) is 8.30. The number of fused-ring (bicyclic) bond motifs is 2. The van der Waals surface area contributed by atoms with Gasteiger partial charge in [-0.15, -0.1) is 11.3 Å². The number of nitrogens with zero attached hydrogens (tertiary/aromatic N) is 3. The normalized spacial score (nSPS) is 11.2. The third-order valence-electron chi connectivity index (χ3n) is 4.10. The van der Waals surface area contributed by atoms with E-state index in [1.807, 2.05) is 17.9 Å². The van der Waals surface area contributed by atoms with Crippen LogP contribution in [0.2, 0.25) is 0 Å². The molecule has 0 bridgehead atoms. The van der Waals surface area contributed by atoms with Gasteiger partial charge in [-0.3, -0.25) is 0 Å². The number of hydrogen-bond acceptors (Lipinski definition) is 3. The molecule has 0 saturated carbocycles. The van der Waals surface area contributed by atoms with Crippen LogP contribution < -0.4 is 0 Å². The van der Waals surface area contributed by atoms with Crippen LogP contribution in [0.5, 0.6) is 0 Å². The fourth-order valence-electron chi connectivity index (χ4n) is 2.51. The Hall–Kier alpha value is -2.20. The molecular weight excluding hydrogens is 314 g/mol. The van der Waals surface area contributed by atoms with Crippen LogP contribution in [-0.2, 0) is 0 Å². The Balaban J connectivity index is 0.000000141. The maximum Gasteiger partial charge on any atom is 0.136 e. The highest BCUT2D eigenvalue weighted by atomic mass is 32.1. The molecule has 0 aliphatic carbocycles. The number of aromatic nitrogens is 3. The molecule has 0 unspecified atom stereocenters. The molecule has 0 spiro atoms. The van der Waals surface area contributed by atoms with Crippen molar-refractivity contribution in [1.29, 1.82) is 0 Å². The zero-order valence-corrected chi connectivity index (χ0v) is 15.4. The number of hydrogen-bond donors (Lipinski definition) is 0. The first-order valence-corrected chi connectivity index (χ1v) is 9.18. The Labute approximate surface area is 147 Å². The second-order valence-corrected chi connectivity index (χ2v) is 7.43. The van der Waals surface area contributed by atoms with Gasteiger partial charge in [0.25, 0.3) is 0 Å². The highest BCUT2D eigenvalue weighted by Gasteiger charge is 2.01. The number of rotatable bonds is 2. The minimum absolute atomic E-state index is 0.580. The summed E-state index contributed by atoms with van der Waals surface area (Å²) in [5.41, 5.74) is 6.76. The van der Waals surface area contributed by atoms with Gasteiger partial charge in [-0.2, -0.15) is 0 Å². The topological polar surface area (TPSA) is 30.2 Å². The van der Waals surface area contributed by atoms with Gasteiger partial charge in [-0.25, -0.2) is 9.97 Å². The van der Waals surface area contributed by atoms with Crippen LogP contribution in [0.25, 0.3) is 15.9 Å². The van der Waals surface area contributed by atoms with Crippen molar-refractivity contribution < 1.29 is 0 Å². The molecule has 3 nitrogen and oxygen atoms in total. The SMILES string of the molecule is CC(C)c1ccc2nccn2c1.CC(C)c1ccc2scnc2c1. The Morgan fingerprint density at radius 1 is 0.917 bits per heavy atom. The number of thiazole rings is 1. The van der Waals surface area contributed by atoms with Crippen molar-refractivity contribution in [3.63, 3.8) is 0 Å². The van der Waals surface area contributed by atoms with Gasteiger partial charge in [-0.1, -0.05) is 39.8 Å². The first kappa shape index (κ1) is 16.7. The van der Waals surface area contributed by atoms with E-state index >= 15 is 0 Å². The molecule has 4 aromatic rings. The van der Waals surface area contributed by atoms with E-state index in [4.69, 9.17) is 0 Å². The highest BCUT2D eigenvalue weighted by Crippen LogP contribution is 2.22. The van der Waals surface area contributed by atoms with Gasteiger partial charge in [0, 0.05) is 18.6 Å². The summed E-state index contributed by atoms with van der Waals surface area (Å²) in [4.78, 5) is 8.46. The largest absolute Gasteiger partial charge is 0.307 e. The van der Waals surface area contributed by atoms with E-state index in [1.54, 1.807) is 11.3 Å². The lowest BCUT2D eigenvalue weighted by Crippen LogP contribution is -1.91. The van der Waals surface area contributed by atoms with Crippen molar-refractivity contribution in [1.82, 2.24) is 14.4 Å². The molecule has 124 valence electrons. The summed E-state index contributed by atoms with van der Waals surface area (Å²) >= 11 is 1.70. The molecule has 4 rings (SSSR count). The van der Waals surface area contributed by atoms with E-state index in [0.29, 0.717) is 11.8 Å². The average molecular weight is 337 g/mol. The third kappa shape index (κ3) is 3.65. The molecule has 0 aliphatic heterocycles. The van der Waals surface area contributed by atoms with Gasteiger partial charge in [0.2, 0.25) is 0 Å². The van der Waals surface area contributed by atoms with Gasteiger partial charge >= 0.3 is 0 Å². The fraction of sp³-hybridized carbons (Fsp3) is 0.300. The van der Waals surface area contributed by atoms with E-state index in [2.05, 4.69) is 78.6 Å². The van der Waals surface area contributed by atoms with Crippen LogP contribution in [0.1, 0.15) is 50.7 Å². The van der Waals surface area contributed by atoms with E-state index < -0.39 is 0 Å². The van der Waals surface area contributed by atoms with Crippen molar-refractivity contribution in [2.45, 2.75) is 39.5 Å². The minimum Gasteiger partial charge on any atom is -0.307 e. The monoisotopic (exact) mass is 337 g/mol. The quantitative estimate of drug-likeness (QED) is 0.457. The van der Waals surface area contributed by atoms with Gasteiger partial charge < -0.3 is 4.40 Å². The molecule has 1 aromatic carbocycles. The molecule has 0 atom stereocenters. The molecule has 0 amide bonds. The minimum atomic E-state index is 0.580. The molecule has 4 heteroatoms. The molecule has 3 aromatic heterocycles. The standard InChI is InChI=1S/C10H12N2.C10H11NS/c1-8(2)9-3-4-10-11-5-6-12(10)7-9;1-7(2)8-3-4-10-9(5-8)11-6-12-10/h3-8H,1-2H3;3-7H,1-2H3. The molecule has 0 radical (unpaired) electrons. The lowest BCUT2D eigenvalue weighted by molar-refractivity contribution is 0.854. The Kier molecular flexibility index (Phi) is 4.95. The Morgan fingerprint density at radius 3 is 2.42 bits per heavy atom. The lowest BCUT2D eigenvalue weighted by Gasteiger charge is -2.04. The maximum absolute atomic E-state index is 4.28. The molecule has 3 heterocycles. The number of benzene rings is 1. The Morgan fingerprint density at radius 2 is 1.67 bits per heavy atom. The molecule has 0 aliphatic rings. The van der Waals surface area contributed by atoms with Crippen LogP contribution in [-0.4, -0.2) is 14.4 Å². The van der Waals surface area contributed by atoms with Gasteiger partial charge in [0.1, 0.15) is 5.65 Å². The Bertz CT molecular complexity index is 856. The van der Waals surface area contributed by atoms with Gasteiger partial charge in [0.15, 0.2) is 0 Å². The summed E-state index contributed by atoms with van der Waals surface area (Å²) in [5.74, 6) is 1.17. The van der Waals surface area contributed by atoms with Crippen molar-refractivity contribution in [3.8, 4) is 0 Å². The molecular formula is C20H23N3S. The molecule has 0 saturated heterocycles. The van der Waals surface area contributed by atoms with Crippen molar-refractivity contribution in [3.05, 3.63) is 65.6 Å². The van der Waals surface area contributed by atoms with Crippen molar-refractivity contribution in [2.24, 2.45) is 0 Å². The van der Waals surface area contributed by atoms with Crippen molar-refractivity contribution in [2.75, 3.05) is 0 Å². The summed E-state index contributed by atoms with van der Waals surface area (Å²) < 4.78 is 3.33. The maximum atomic E-state index is 4.28. The van der Waals surface area contributed by atoms with Gasteiger partial charge in [0.05, 0.1) is 15.7 Å². The summed E-state index contributed by atoms with van der Waals surface area (Å²) in [6.07, 6.45) is 5.92. The average Bonchev–Trinajstić information content (AvgIpc) is 3.22. The predicted molar refractivity (Wildman–Crippen MR) is 103 cm³/mol. The summed E-state index contributed by atoms with van der Waals surface area (Å²) in [5, 5.41) is 0. The van der Waals surface area contributed by atoms with Crippen LogP contribution in [0, 0.1) is 0 Å². The third-order valence-corrected chi connectivity index (χ3v) is 4.91. The second kappa shape index (κ2) is 7.14. The highest BCUT2D eigenvalue weighted by molar-refractivity contribution is 7.16. The summed E-state index contributed by atoms with van der Waals surface area (Å²) in [6.45, 7) is 8.79. The molecule has 0 fully saturated rings. The zero-order chi connectivity index (χ0) is 17.1. The van der Waals surface area contributed by atoms with E-state index in [0.717, 1.165) is 11.2 Å². The van der Waals surface area contributed by atoms with E-state index in [1.165, 1.54) is 15.8 Å². The molecule has 24 heavy (non-hydrogen) atoms.